The summed E-state index contributed by atoms with van der Waals surface area (Å²) in [6, 6.07) is 5.74. The Morgan fingerprint density at radius 1 is 1.22 bits per heavy atom. The number of nitrogens with one attached hydrogen (secondary N) is 2. The Hall–Kier alpha value is -2.32. The molecule has 8 heteroatoms. The zero-order valence-electron chi connectivity index (χ0n) is 14.8. The van der Waals surface area contributed by atoms with Gasteiger partial charge in [-0.15, -0.1) is 11.3 Å². The summed E-state index contributed by atoms with van der Waals surface area (Å²) in [6.07, 6.45) is 4.42. The molecule has 0 spiro atoms. The molecule has 1 atom stereocenters. The fourth-order valence-electron chi connectivity index (χ4n) is 3.63. The maximum Gasteiger partial charge on any atom is 0.239 e. The summed E-state index contributed by atoms with van der Waals surface area (Å²) in [5.74, 6) is -1.18. The molecule has 2 saturated heterocycles. The number of hydrogen-bond donors (Lipinski definition) is 2. The van der Waals surface area contributed by atoms with E-state index in [1.807, 2.05) is 6.20 Å². The van der Waals surface area contributed by atoms with Crippen LogP contribution in [0.2, 0.25) is 0 Å². The van der Waals surface area contributed by atoms with Crippen molar-refractivity contribution in [2.24, 2.45) is 5.92 Å². The summed E-state index contributed by atoms with van der Waals surface area (Å²) in [7, 11) is 0. The van der Waals surface area contributed by atoms with Crippen LogP contribution < -0.4 is 15.5 Å². The zero-order chi connectivity index (χ0) is 18.8. The predicted octanol–water partition coefficient (Wildman–Crippen LogP) is 2.74. The molecule has 0 saturated carbocycles. The van der Waals surface area contributed by atoms with E-state index in [4.69, 9.17) is 0 Å². The normalized spacial score (nSPS) is 20.9. The molecule has 1 aromatic heterocycles. The minimum absolute atomic E-state index is 0.255. The molecule has 142 valence electrons. The number of amides is 2. The summed E-state index contributed by atoms with van der Waals surface area (Å²) in [5.41, 5.74) is 0.610. The number of anilines is 2. The van der Waals surface area contributed by atoms with Crippen LogP contribution in [0.5, 0.6) is 0 Å². The van der Waals surface area contributed by atoms with Gasteiger partial charge in [0.1, 0.15) is 11.7 Å². The Balaban J connectivity index is 1.39. The maximum atomic E-state index is 13.1. The Kier molecular flexibility index (Phi) is 5.18. The van der Waals surface area contributed by atoms with Crippen molar-refractivity contribution in [3.8, 4) is 0 Å². The standard InChI is InChI=1S/C19H21FN4O2S/c20-13-1-3-14(4-2-13)24-10-7-15(18(24)26)17(25)23-19-22-11-16(27-19)12-5-8-21-9-6-12/h1-4,11-12,15,21H,5-10H2,(H,22,23,25). The van der Waals surface area contributed by atoms with Crippen LogP contribution >= 0.6 is 11.3 Å². The van der Waals surface area contributed by atoms with Crippen LogP contribution in [-0.4, -0.2) is 36.4 Å². The first kappa shape index (κ1) is 18.1. The van der Waals surface area contributed by atoms with Crippen LogP contribution in [0.3, 0.4) is 0 Å². The highest BCUT2D eigenvalue weighted by molar-refractivity contribution is 7.15. The van der Waals surface area contributed by atoms with E-state index in [-0.39, 0.29) is 17.6 Å². The Bertz CT molecular complexity index is 832. The molecule has 2 fully saturated rings. The highest BCUT2D eigenvalue weighted by Crippen LogP contribution is 2.32. The van der Waals surface area contributed by atoms with Crippen LogP contribution in [-0.2, 0) is 9.59 Å². The third kappa shape index (κ3) is 3.86. The number of aromatic nitrogens is 1. The van der Waals surface area contributed by atoms with Gasteiger partial charge in [-0.3, -0.25) is 9.59 Å². The van der Waals surface area contributed by atoms with Gasteiger partial charge in [-0.25, -0.2) is 9.37 Å². The molecule has 0 aliphatic carbocycles. The molecule has 2 amide bonds. The van der Waals surface area contributed by atoms with Crippen LogP contribution in [0, 0.1) is 11.7 Å². The number of hydrogen-bond acceptors (Lipinski definition) is 5. The molecule has 2 aliphatic heterocycles. The van der Waals surface area contributed by atoms with E-state index < -0.39 is 5.92 Å². The lowest BCUT2D eigenvalue weighted by Crippen LogP contribution is -2.33. The molecule has 0 bridgehead atoms. The third-order valence-electron chi connectivity index (χ3n) is 5.16. The highest BCUT2D eigenvalue weighted by atomic mass is 32.1. The summed E-state index contributed by atoms with van der Waals surface area (Å²) < 4.78 is 13.1. The molecule has 2 aliphatic rings. The van der Waals surface area contributed by atoms with Crippen LogP contribution in [0.25, 0.3) is 0 Å². The van der Waals surface area contributed by atoms with Gasteiger partial charge in [0.15, 0.2) is 5.13 Å². The first-order valence-corrected chi connectivity index (χ1v) is 9.98. The lowest BCUT2D eigenvalue weighted by atomic mass is 9.97. The number of nitrogens with zero attached hydrogens (tertiary/aromatic N) is 2. The van der Waals surface area contributed by atoms with Gasteiger partial charge < -0.3 is 15.5 Å². The number of halogens is 1. The molecule has 2 N–H and O–H groups in total. The fourth-order valence-corrected chi connectivity index (χ4v) is 4.62. The fraction of sp³-hybridized carbons (Fsp3) is 0.421. The van der Waals surface area contributed by atoms with Crippen molar-refractivity contribution < 1.29 is 14.0 Å². The van der Waals surface area contributed by atoms with Gasteiger partial charge in [0, 0.05) is 23.3 Å². The second-order valence-electron chi connectivity index (χ2n) is 6.89. The van der Waals surface area contributed by atoms with E-state index in [0.29, 0.717) is 29.7 Å². The molecule has 3 heterocycles. The van der Waals surface area contributed by atoms with E-state index in [2.05, 4.69) is 15.6 Å². The molecule has 2 aromatic rings. The number of benzene rings is 1. The highest BCUT2D eigenvalue weighted by Gasteiger charge is 2.38. The van der Waals surface area contributed by atoms with Crippen LogP contribution in [0.4, 0.5) is 15.2 Å². The van der Waals surface area contributed by atoms with Crippen LogP contribution in [0.15, 0.2) is 30.5 Å². The van der Waals surface area contributed by atoms with Crippen molar-refractivity contribution in [3.63, 3.8) is 0 Å². The lowest BCUT2D eigenvalue weighted by Gasteiger charge is -2.20. The van der Waals surface area contributed by atoms with Crippen molar-refractivity contribution in [3.05, 3.63) is 41.2 Å². The monoisotopic (exact) mass is 388 g/mol. The Morgan fingerprint density at radius 3 is 2.70 bits per heavy atom. The van der Waals surface area contributed by atoms with Crippen LogP contribution in [0.1, 0.15) is 30.1 Å². The number of piperidine rings is 1. The quantitative estimate of drug-likeness (QED) is 0.790. The molecule has 1 unspecified atom stereocenters. The largest absolute Gasteiger partial charge is 0.317 e. The third-order valence-corrected chi connectivity index (χ3v) is 6.23. The van der Waals surface area contributed by atoms with Crippen molar-refractivity contribution >= 4 is 34.0 Å². The first-order valence-electron chi connectivity index (χ1n) is 9.16. The topological polar surface area (TPSA) is 74.3 Å². The van der Waals surface area contributed by atoms with Crippen molar-refractivity contribution in [2.75, 3.05) is 29.9 Å². The Labute approximate surface area is 160 Å². The number of rotatable bonds is 4. The van der Waals surface area contributed by atoms with E-state index in [9.17, 15) is 14.0 Å². The maximum absolute atomic E-state index is 13.1. The SMILES string of the molecule is O=C(Nc1ncc(C2CCNCC2)s1)C1CCN(c2ccc(F)cc2)C1=O. The molecule has 1 aromatic carbocycles. The summed E-state index contributed by atoms with van der Waals surface area (Å²) in [6.45, 7) is 2.45. The molecular formula is C19H21FN4O2S. The number of carbonyl (C=O) groups excluding carboxylic acids is 2. The average molecular weight is 388 g/mol. The second kappa shape index (κ2) is 7.74. The van der Waals surface area contributed by atoms with Gasteiger partial charge >= 0.3 is 0 Å². The van der Waals surface area contributed by atoms with Gasteiger partial charge in [0.25, 0.3) is 0 Å². The van der Waals surface area contributed by atoms with Gasteiger partial charge in [0.2, 0.25) is 11.8 Å². The van der Waals surface area contributed by atoms with Crippen molar-refractivity contribution in [1.82, 2.24) is 10.3 Å². The number of thiazole rings is 1. The van der Waals surface area contributed by atoms with E-state index in [0.717, 1.165) is 25.9 Å². The minimum atomic E-state index is -0.735. The second-order valence-corrected chi connectivity index (χ2v) is 7.95. The van der Waals surface area contributed by atoms with E-state index >= 15 is 0 Å². The minimum Gasteiger partial charge on any atom is -0.317 e. The van der Waals surface area contributed by atoms with Crippen molar-refractivity contribution in [2.45, 2.75) is 25.2 Å². The average Bonchev–Trinajstić information content (AvgIpc) is 3.30. The molecule has 4 rings (SSSR count). The van der Waals surface area contributed by atoms with Crippen molar-refractivity contribution in [1.29, 1.82) is 0 Å². The molecule has 6 nitrogen and oxygen atoms in total. The van der Waals surface area contributed by atoms with Gasteiger partial charge in [0.05, 0.1) is 0 Å². The van der Waals surface area contributed by atoms with Gasteiger partial charge in [-0.1, -0.05) is 0 Å². The summed E-state index contributed by atoms with van der Waals surface area (Å²) in [5, 5.41) is 6.68. The smallest absolute Gasteiger partial charge is 0.239 e. The number of carbonyl (C=O) groups is 2. The van der Waals surface area contributed by atoms with E-state index in [1.54, 1.807) is 12.1 Å². The Morgan fingerprint density at radius 2 is 1.96 bits per heavy atom. The predicted molar refractivity (Wildman–Crippen MR) is 102 cm³/mol. The first-order chi connectivity index (χ1) is 13.1. The zero-order valence-corrected chi connectivity index (χ0v) is 15.6. The lowest BCUT2D eigenvalue weighted by molar-refractivity contribution is -0.129. The van der Waals surface area contributed by atoms with Gasteiger partial charge in [-0.05, 0) is 62.5 Å². The molecule has 0 radical (unpaired) electrons. The summed E-state index contributed by atoms with van der Waals surface area (Å²) in [4.78, 5) is 32.2. The van der Waals surface area contributed by atoms with Gasteiger partial charge in [-0.2, -0.15) is 0 Å². The molecular weight excluding hydrogens is 367 g/mol. The summed E-state index contributed by atoms with van der Waals surface area (Å²) >= 11 is 1.49. The van der Waals surface area contributed by atoms with E-state index in [1.165, 1.54) is 33.2 Å². The molecule has 27 heavy (non-hydrogen) atoms.